The summed E-state index contributed by atoms with van der Waals surface area (Å²) in [6.07, 6.45) is 1.37. The lowest BCUT2D eigenvalue weighted by molar-refractivity contribution is -0.132. The van der Waals surface area contributed by atoms with Crippen LogP contribution in [-0.4, -0.2) is 57.1 Å². The monoisotopic (exact) mass is 562 g/mol. The standard InChI is InChI=1S/C27H38N4O5S2/c1-19(2)17-22(26(33)30-23(25(32)28-3)18-20-11-6-4-7-12-20)31-27(34)24(37)15-10-16-29-38(35,36)21-13-8-5-9-14-21/h4-9,11-14,19,22-24,29,37H,10,15-18H2,1-3H3,(H,28,32)(H,30,33)(H,31,34)/t22?,23-,24?/m0/s1. The molecule has 0 aromatic heterocycles. The Morgan fingerprint density at radius 1 is 0.842 bits per heavy atom. The van der Waals surface area contributed by atoms with Crippen LogP contribution in [0.25, 0.3) is 0 Å². The number of carbonyl (C=O) groups is 3. The van der Waals surface area contributed by atoms with Gasteiger partial charge in [-0.1, -0.05) is 62.4 Å². The van der Waals surface area contributed by atoms with Crippen molar-refractivity contribution in [2.24, 2.45) is 5.92 Å². The van der Waals surface area contributed by atoms with Crippen molar-refractivity contribution >= 4 is 40.4 Å². The average Bonchev–Trinajstić information content (AvgIpc) is 2.90. The maximum atomic E-state index is 13.2. The normalized spacial score (nSPS) is 13.8. The summed E-state index contributed by atoms with van der Waals surface area (Å²) in [4.78, 5) is 38.6. The van der Waals surface area contributed by atoms with E-state index in [0.717, 1.165) is 5.56 Å². The summed E-state index contributed by atoms with van der Waals surface area (Å²) in [7, 11) is -2.12. The Kier molecular flexibility index (Phi) is 12.8. The molecule has 0 saturated carbocycles. The highest BCUT2D eigenvalue weighted by Gasteiger charge is 2.28. The SMILES string of the molecule is CNC(=O)[C@H](Cc1ccccc1)NC(=O)C(CC(C)C)NC(=O)C(S)CCCNS(=O)(=O)c1ccccc1. The Morgan fingerprint density at radius 2 is 1.42 bits per heavy atom. The van der Waals surface area contributed by atoms with E-state index in [-0.39, 0.29) is 23.3 Å². The highest BCUT2D eigenvalue weighted by molar-refractivity contribution is 7.89. The third-order valence-corrected chi connectivity index (χ3v) is 7.77. The summed E-state index contributed by atoms with van der Waals surface area (Å²) >= 11 is 4.37. The minimum Gasteiger partial charge on any atom is -0.357 e. The number of hydrogen-bond acceptors (Lipinski definition) is 6. The van der Waals surface area contributed by atoms with Gasteiger partial charge < -0.3 is 16.0 Å². The van der Waals surface area contributed by atoms with Gasteiger partial charge in [0.2, 0.25) is 27.7 Å². The number of rotatable bonds is 15. The number of amides is 3. The average molecular weight is 563 g/mol. The second-order valence-corrected chi connectivity index (χ2v) is 11.8. The predicted octanol–water partition coefficient (Wildman–Crippen LogP) is 2.05. The van der Waals surface area contributed by atoms with Crippen molar-refractivity contribution in [3.05, 3.63) is 66.2 Å². The molecule has 2 aromatic carbocycles. The fourth-order valence-electron chi connectivity index (χ4n) is 3.79. The summed E-state index contributed by atoms with van der Waals surface area (Å²) in [5, 5.41) is 7.38. The molecule has 208 valence electrons. The molecule has 38 heavy (non-hydrogen) atoms. The van der Waals surface area contributed by atoms with E-state index < -0.39 is 39.2 Å². The first-order valence-corrected chi connectivity index (χ1v) is 14.6. The molecule has 0 aliphatic rings. The molecule has 0 spiro atoms. The summed E-state index contributed by atoms with van der Waals surface area (Å²) in [5.74, 6) is -1.11. The van der Waals surface area contributed by atoms with Crippen molar-refractivity contribution in [1.29, 1.82) is 0 Å². The topological polar surface area (TPSA) is 133 Å². The Hall–Kier alpha value is -2.89. The van der Waals surface area contributed by atoms with Gasteiger partial charge in [0.1, 0.15) is 12.1 Å². The van der Waals surface area contributed by atoms with Crippen molar-refractivity contribution in [2.45, 2.75) is 61.8 Å². The van der Waals surface area contributed by atoms with E-state index in [1.54, 1.807) is 18.2 Å². The minimum absolute atomic E-state index is 0.101. The van der Waals surface area contributed by atoms with Gasteiger partial charge in [0.05, 0.1) is 10.1 Å². The fraction of sp³-hybridized carbons (Fsp3) is 0.444. The van der Waals surface area contributed by atoms with Crippen LogP contribution in [0.1, 0.15) is 38.7 Å². The second-order valence-electron chi connectivity index (χ2n) is 9.42. The molecule has 2 rings (SSSR count). The van der Waals surface area contributed by atoms with Crippen molar-refractivity contribution < 1.29 is 22.8 Å². The molecule has 0 aliphatic carbocycles. The van der Waals surface area contributed by atoms with Gasteiger partial charge in [-0.25, -0.2) is 13.1 Å². The fourth-order valence-corrected chi connectivity index (χ4v) is 5.14. The van der Waals surface area contributed by atoms with Crippen LogP contribution >= 0.6 is 12.6 Å². The smallest absolute Gasteiger partial charge is 0.243 e. The molecule has 0 aliphatic heterocycles. The highest BCUT2D eigenvalue weighted by atomic mass is 32.2. The molecule has 3 atom stereocenters. The van der Waals surface area contributed by atoms with Crippen molar-refractivity contribution in [3.63, 3.8) is 0 Å². The number of likely N-dealkylation sites (N-methyl/N-ethyl adjacent to an activating group) is 1. The molecule has 0 bridgehead atoms. The number of hydrogen-bond donors (Lipinski definition) is 5. The lowest BCUT2D eigenvalue weighted by Crippen LogP contribution is -2.55. The molecular weight excluding hydrogens is 524 g/mol. The van der Waals surface area contributed by atoms with E-state index in [0.29, 0.717) is 25.7 Å². The van der Waals surface area contributed by atoms with Gasteiger partial charge in [0.25, 0.3) is 0 Å². The maximum Gasteiger partial charge on any atom is 0.243 e. The minimum atomic E-state index is -3.63. The summed E-state index contributed by atoms with van der Waals surface area (Å²) in [6.45, 7) is 4.01. The molecule has 4 N–H and O–H groups in total. The number of benzene rings is 2. The first kappa shape index (κ1) is 31.3. The number of sulfonamides is 1. The first-order chi connectivity index (χ1) is 18.0. The third kappa shape index (κ3) is 10.5. The zero-order valence-electron chi connectivity index (χ0n) is 22.0. The van der Waals surface area contributed by atoms with Crippen molar-refractivity contribution in [3.8, 4) is 0 Å². The van der Waals surface area contributed by atoms with Gasteiger partial charge >= 0.3 is 0 Å². The molecule has 0 fully saturated rings. The zero-order valence-corrected chi connectivity index (χ0v) is 23.7. The van der Waals surface area contributed by atoms with Gasteiger partial charge in [-0.05, 0) is 42.9 Å². The Labute approximate surface area is 231 Å². The number of thiol groups is 1. The van der Waals surface area contributed by atoms with Crippen LogP contribution in [-0.2, 0) is 30.8 Å². The molecule has 3 amide bonds. The molecule has 2 aromatic rings. The quantitative estimate of drug-likeness (QED) is 0.167. The van der Waals surface area contributed by atoms with Crippen molar-refractivity contribution in [2.75, 3.05) is 13.6 Å². The van der Waals surface area contributed by atoms with Crippen LogP contribution in [0.4, 0.5) is 0 Å². The van der Waals surface area contributed by atoms with E-state index in [9.17, 15) is 22.8 Å². The van der Waals surface area contributed by atoms with Crippen LogP contribution in [0, 0.1) is 5.92 Å². The molecule has 0 heterocycles. The predicted molar refractivity (Wildman–Crippen MR) is 151 cm³/mol. The van der Waals surface area contributed by atoms with E-state index in [2.05, 4.69) is 33.3 Å². The lowest BCUT2D eigenvalue weighted by Gasteiger charge is -2.25. The van der Waals surface area contributed by atoms with Crippen LogP contribution < -0.4 is 20.7 Å². The lowest BCUT2D eigenvalue weighted by atomic mass is 10.0. The van der Waals surface area contributed by atoms with Crippen LogP contribution in [0.3, 0.4) is 0 Å². The van der Waals surface area contributed by atoms with Gasteiger partial charge in [-0.2, -0.15) is 12.6 Å². The molecule has 0 radical (unpaired) electrons. The molecule has 9 nitrogen and oxygen atoms in total. The maximum absolute atomic E-state index is 13.2. The largest absolute Gasteiger partial charge is 0.357 e. The van der Waals surface area contributed by atoms with Crippen LogP contribution in [0.2, 0.25) is 0 Å². The van der Waals surface area contributed by atoms with Crippen LogP contribution in [0.15, 0.2) is 65.6 Å². The summed E-state index contributed by atoms with van der Waals surface area (Å²) in [5.41, 5.74) is 0.893. The van der Waals surface area contributed by atoms with Gasteiger partial charge in [-0.15, -0.1) is 0 Å². The Bertz CT molecular complexity index is 1140. The van der Waals surface area contributed by atoms with Gasteiger partial charge in [0.15, 0.2) is 0 Å². The highest BCUT2D eigenvalue weighted by Crippen LogP contribution is 2.12. The number of carbonyl (C=O) groups excluding carboxylic acids is 3. The first-order valence-electron chi connectivity index (χ1n) is 12.6. The zero-order chi connectivity index (χ0) is 28.1. The number of nitrogens with one attached hydrogen (secondary N) is 4. The summed E-state index contributed by atoms with van der Waals surface area (Å²) in [6, 6.07) is 15.7. The third-order valence-electron chi connectivity index (χ3n) is 5.80. The molecule has 2 unspecified atom stereocenters. The van der Waals surface area contributed by atoms with Crippen molar-refractivity contribution in [1.82, 2.24) is 20.7 Å². The van der Waals surface area contributed by atoms with Crippen LogP contribution in [0.5, 0.6) is 0 Å². The molecule has 0 saturated heterocycles. The molecule has 11 heteroatoms. The van der Waals surface area contributed by atoms with E-state index in [1.807, 2.05) is 44.2 Å². The molecular formula is C27H38N4O5S2. The Balaban J connectivity index is 1.94. The van der Waals surface area contributed by atoms with Gasteiger partial charge in [0, 0.05) is 20.0 Å². The van der Waals surface area contributed by atoms with Gasteiger partial charge in [-0.3, -0.25) is 14.4 Å². The summed E-state index contributed by atoms with van der Waals surface area (Å²) < 4.78 is 27.2. The van der Waals surface area contributed by atoms with E-state index in [1.165, 1.54) is 19.2 Å². The van der Waals surface area contributed by atoms with E-state index >= 15 is 0 Å². The van der Waals surface area contributed by atoms with E-state index in [4.69, 9.17) is 0 Å². The Morgan fingerprint density at radius 3 is 2.00 bits per heavy atom. The second kappa shape index (κ2) is 15.5.